The molecule has 2 aromatic rings. The van der Waals surface area contributed by atoms with Gasteiger partial charge in [0.2, 0.25) is 0 Å². The summed E-state index contributed by atoms with van der Waals surface area (Å²) in [6, 6.07) is 21.2. The lowest BCUT2D eigenvalue weighted by Crippen LogP contribution is -1.81. The van der Waals surface area contributed by atoms with Crippen LogP contribution >= 0.6 is 0 Å². The molecule has 102 valence electrons. The molecule has 0 amide bonds. The smallest absolute Gasteiger partial charge is 0.0279 e. The summed E-state index contributed by atoms with van der Waals surface area (Å²) in [5.41, 5.74) is 2.91. The van der Waals surface area contributed by atoms with Crippen LogP contribution in [0.15, 0.2) is 60.7 Å². The average molecular weight is 254 g/mol. The van der Waals surface area contributed by atoms with Gasteiger partial charge < -0.3 is 0 Å². The Bertz CT molecular complexity index is 403. The van der Waals surface area contributed by atoms with E-state index in [0.29, 0.717) is 0 Å². The fourth-order valence-electron chi connectivity index (χ4n) is 1.96. The first-order chi connectivity index (χ1) is 9.36. The maximum Gasteiger partial charge on any atom is -0.0279 e. The summed E-state index contributed by atoms with van der Waals surface area (Å²) in [6.07, 6.45) is 6.28. The Morgan fingerprint density at radius 3 is 1.47 bits per heavy atom. The van der Waals surface area contributed by atoms with Crippen LogP contribution in [0.5, 0.6) is 0 Å². The van der Waals surface area contributed by atoms with Crippen LogP contribution in [0, 0.1) is 0 Å². The van der Waals surface area contributed by atoms with Crippen molar-refractivity contribution in [2.24, 2.45) is 0 Å². The molecule has 2 aromatic carbocycles. The minimum Gasteiger partial charge on any atom is -0.0654 e. The molecule has 0 aromatic heterocycles. The zero-order valence-electron chi connectivity index (χ0n) is 12.3. The van der Waals surface area contributed by atoms with Crippen LogP contribution in [0.1, 0.15) is 44.2 Å². The van der Waals surface area contributed by atoms with Crippen LogP contribution in [0.25, 0.3) is 0 Å². The van der Waals surface area contributed by atoms with Crippen molar-refractivity contribution in [1.82, 2.24) is 0 Å². The summed E-state index contributed by atoms with van der Waals surface area (Å²) < 4.78 is 0. The van der Waals surface area contributed by atoms with E-state index in [9.17, 15) is 0 Å². The maximum absolute atomic E-state index is 2.23. The van der Waals surface area contributed by atoms with Gasteiger partial charge in [0, 0.05) is 0 Å². The molecule has 0 spiro atoms. The molecule has 0 aliphatic rings. The van der Waals surface area contributed by atoms with Crippen molar-refractivity contribution in [2.75, 3.05) is 0 Å². The molecule has 19 heavy (non-hydrogen) atoms. The van der Waals surface area contributed by atoms with Gasteiger partial charge in [0.15, 0.2) is 0 Å². The summed E-state index contributed by atoms with van der Waals surface area (Å²) >= 11 is 0. The highest BCUT2D eigenvalue weighted by Crippen LogP contribution is 2.03. The number of aryl methyl sites for hydroxylation is 2. The molecular weight excluding hydrogens is 228 g/mol. The van der Waals surface area contributed by atoms with Gasteiger partial charge >= 0.3 is 0 Å². The van der Waals surface area contributed by atoms with Gasteiger partial charge in [-0.15, -0.1) is 0 Å². The third-order valence-corrected chi connectivity index (χ3v) is 3.04. The van der Waals surface area contributed by atoms with Gasteiger partial charge in [0.1, 0.15) is 0 Å². The highest BCUT2D eigenvalue weighted by molar-refractivity contribution is 5.15. The Morgan fingerprint density at radius 2 is 1.05 bits per heavy atom. The quantitative estimate of drug-likeness (QED) is 0.645. The van der Waals surface area contributed by atoms with Crippen molar-refractivity contribution in [3.8, 4) is 0 Å². The average Bonchev–Trinajstić information content (AvgIpc) is 2.48. The lowest BCUT2D eigenvalue weighted by atomic mass is 10.1. The minimum absolute atomic E-state index is 1.21. The van der Waals surface area contributed by atoms with E-state index in [-0.39, 0.29) is 0 Å². The van der Waals surface area contributed by atoms with E-state index in [0.717, 1.165) is 0 Å². The second-order valence-electron chi connectivity index (χ2n) is 4.82. The molecule has 0 heterocycles. The Morgan fingerprint density at radius 1 is 0.579 bits per heavy atom. The van der Waals surface area contributed by atoms with Crippen molar-refractivity contribution >= 4 is 0 Å². The molecule has 0 N–H and O–H groups in total. The number of benzene rings is 2. The first kappa shape index (κ1) is 15.5. The second-order valence-corrected chi connectivity index (χ2v) is 4.82. The molecule has 0 bridgehead atoms. The second kappa shape index (κ2) is 10.4. The Hall–Kier alpha value is -1.56. The van der Waals surface area contributed by atoms with Gasteiger partial charge in [-0.1, -0.05) is 87.4 Å². The minimum atomic E-state index is 1.21. The van der Waals surface area contributed by atoms with Gasteiger partial charge in [0.05, 0.1) is 0 Å². The molecule has 0 radical (unpaired) electrons. The van der Waals surface area contributed by atoms with Crippen molar-refractivity contribution in [1.29, 1.82) is 0 Å². The van der Waals surface area contributed by atoms with Crippen molar-refractivity contribution in [3.05, 3.63) is 71.8 Å². The highest BCUT2D eigenvalue weighted by atomic mass is 13.9. The van der Waals surface area contributed by atoms with E-state index < -0.39 is 0 Å². The van der Waals surface area contributed by atoms with Crippen LogP contribution in [-0.4, -0.2) is 0 Å². The van der Waals surface area contributed by atoms with Crippen LogP contribution in [0.4, 0.5) is 0 Å². The first-order valence-electron chi connectivity index (χ1n) is 7.44. The van der Waals surface area contributed by atoms with Crippen molar-refractivity contribution < 1.29 is 0 Å². The lowest BCUT2D eigenvalue weighted by molar-refractivity contribution is 0.795. The van der Waals surface area contributed by atoms with Gasteiger partial charge in [-0.05, 0) is 30.4 Å². The Labute approximate surface area is 118 Å². The van der Waals surface area contributed by atoms with Gasteiger partial charge in [-0.25, -0.2) is 0 Å². The lowest BCUT2D eigenvalue weighted by Gasteiger charge is -1.96. The SMILES string of the molecule is CCCCc1ccccc1.CCCc1ccccc1. The molecule has 0 unspecified atom stereocenters. The molecule has 0 aliphatic heterocycles. The number of rotatable bonds is 5. The van der Waals surface area contributed by atoms with E-state index in [2.05, 4.69) is 74.5 Å². The predicted molar refractivity (Wildman–Crippen MR) is 85.5 cm³/mol. The normalized spacial score (nSPS) is 9.58. The van der Waals surface area contributed by atoms with Gasteiger partial charge in [0.25, 0.3) is 0 Å². The molecule has 0 saturated heterocycles. The molecule has 0 nitrogen and oxygen atoms in total. The van der Waals surface area contributed by atoms with Crippen LogP contribution in [0.2, 0.25) is 0 Å². The van der Waals surface area contributed by atoms with Crippen molar-refractivity contribution in [2.45, 2.75) is 46.0 Å². The Balaban J connectivity index is 0.000000191. The number of hydrogen-bond donors (Lipinski definition) is 0. The zero-order valence-corrected chi connectivity index (χ0v) is 12.3. The summed E-state index contributed by atoms with van der Waals surface area (Å²) in [5, 5.41) is 0. The molecule has 0 aliphatic carbocycles. The third kappa shape index (κ3) is 7.46. The fraction of sp³-hybridized carbons (Fsp3) is 0.368. The number of hydrogen-bond acceptors (Lipinski definition) is 0. The predicted octanol–water partition coefficient (Wildman–Crippen LogP) is 5.67. The highest BCUT2D eigenvalue weighted by Gasteiger charge is 1.87. The summed E-state index contributed by atoms with van der Waals surface area (Å²) in [6.45, 7) is 4.43. The van der Waals surface area contributed by atoms with Gasteiger partial charge in [-0.2, -0.15) is 0 Å². The molecular formula is C19H26. The summed E-state index contributed by atoms with van der Waals surface area (Å²) in [5.74, 6) is 0. The van der Waals surface area contributed by atoms with Crippen LogP contribution in [-0.2, 0) is 12.8 Å². The first-order valence-corrected chi connectivity index (χ1v) is 7.44. The summed E-state index contributed by atoms with van der Waals surface area (Å²) in [4.78, 5) is 0. The Kier molecular flexibility index (Phi) is 8.46. The zero-order chi connectivity index (χ0) is 13.8. The van der Waals surface area contributed by atoms with E-state index in [1.165, 1.54) is 43.2 Å². The monoisotopic (exact) mass is 254 g/mol. The van der Waals surface area contributed by atoms with Crippen LogP contribution in [0.3, 0.4) is 0 Å². The fourth-order valence-corrected chi connectivity index (χ4v) is 1.96. The van der Waals surface area contributed by atoms with Crippen LogP contribution < -0.4 is 0 Å². The molecule has 0 atom stereocenters. The molecule has 0 fully saturated rings. The number of unbranched alkanes of at least 4 members (excludes halogenated alkanes) is 1. The third-order valence-electron chi connectivity index (χ3n) is 3.04. The molecule has 0 saturated carbocycles. The summed E-state index contributed by atoms with van der Waals surface area (Å²) in [7, 11) is 0. The van der Waals surface area contributed by atoms with E-state index in [1.54, 1.807) is 0 Å². The standard InChI is InChI=1S/C10H14.C9H12/c1-2-3-7-10-8-5-4-6-9-10;1-2-6-9-7-4-3-5-8-9/h4-6,8-9H,2-3,7H2,1H3;3-5,7-8H,2,6H2,1H3. The molecule has 0 heteroatoms. The molecule has 2 rings (SSSR count). The van der Waals surface area contributed by atoms with E-state index >= 15 is 0 Å². The maximum atomic E-state index is 2.23. The van der Waals surface area contributed by atoms with Crippen molar-refractivity contribution in [3.63, 3.8) is 0 Å². The van der Waals surface area contributed by atoms with E-state index in [4.69, 9.17) is 0 Å². The van der Waals surface area contributed by atoms with E-state index in [1.807, 2.05) is 0 Å². The largest absolute Gasteiger partial charge is 0.0654 e. The topological polar surface area (TPSA) is 0 Å². The van der Waals surface area contributed by atoms with Gasteiger partial charge in [-0.3, -0.25) is 0 Å².